The third-order valence-electron chi connectivity index (χ3n) is 2.79. The van der Waals surface area contributed by atoms with Gasteiger partial charge in [-0.1, -0.05) is 35.9 Å². The van der Waals surface area contributed by atoms with Crippen molar-refractivity contribution < 1.29 is 0 Å². The Labute approximate surface area is 115 Å². The maximum atomic E-state index is 12.1. The highest BCUT2D eigenvalue weighted by atomic mass is 35.5. The second-order valence-corrected chi connectivity index (χ2v) is 4.50. The Hall–Kier alpha value is -2.07. The van der Waals surface area contributed by atoms with Crippen LogP contribution in [-0.4, -0.2) is 9.55 Å². The van der Waals surface area contributed by atoms with Crippen molar-refractivity contribution >= 4 is 11.6 Å². The molecule has 0 radical (unpaired) electrons. The van der Waals surface area contributed by atoms with Crippen molar-refractivity contribution in [1.29, 1.82) is 0 Å². The van der Waals surface area contributed by atoms with Crippen molar-refractivity contribution in [3.05, 3.63) is 80.1 Å². The van der Waals surface area contributed by atoms with Gasteiger partial charge in [-0.25, -0.2) is 4.79 Å². The molecular formula is C14H13ClN2O2. The molecule has 0 amide bonds. The van der Waals surface area contributed by atoms with Crippen LogP contribution >= 0.6 is 11.6 Å². The molecule has 19 heavy (non-hydrogen) atoms. The van der Waals surface area contributed by atoms with Crippen molar-refractivity contribution in [2.24, 2.45) is 0 Å². The maximum absolute atomic E-state index is 12.1. The predicted molar refractivity (Wildman–Crippen MR) is 75.8 cm³/mol. The molecule has 0 atom stereocenters. The van der Waals surface area contributed by atoms with Crippen molar-refractivity contribution in [3.8, 4) is 0 Å². The van der Waals surface area contributed by atoms with Crippen LogP contribution in [0.25, 0.3) is 0 Å². The molecule has 2 aromatic rings. The highest BCUT2D eigenvalue weighted by Crippen LogP contribution is 2.14. The zero-order valence-electron chi connectivity index (χ0n) is 10.2. The zero-order valence-corrected chi connectivity index (χ0v) is 11.0. The molecule has 1 heterocycles. The van der Waals surface area contributed by atoms with E-state index in [1.54, 1.807) is 24.3 Å². The molecule has 0 aliphatic heterocycles. The third-order valence-corrected chi connectivity index (χ3v) is 3.15. The van der Waals surface area contributed by atoms with Crippen molar-refractivity contribution in [2.45, 2.75) is 13.0 Å². The third kappa shape index (κ3) is 2.85. The second-order valence-electron chi connectivity index (χ2n) is 4.09. The minimum absolute atomic E-state index is 0.152. The number of rotatable bonds is 4. The van der Waals surface area contributed by atoms with Gasteiger partial charge in [-0.3, -0.25) is 9.36 Å². The van der Waals surface area contributed by atoms with Crippen LogP contribution in [0.2, 0.25) is 5.02 Å². The van der Waals surface area contributed by atoms with Crippen molar-refractivity contribution in [3.63, 3.8) is 0 Å². The average Bonchev–Trinajstić information content (AvgIpc) is 2.40. The van der Waals surface area contributed by atoms with Gasteiger partial charge < -0.3 is 4.98 Å². The van der Waals surface area contributed by atoms with Gasteiger partial charge in [0.15, 0.2) is 0 Å². The van der Waals surface area contributed by atoms with Gasteiger partial charge in [0.1, 0.15) is 0 Å². The predicted octanol–water partition coefficient (Wildman–Crippen LogP) is 1.97. The number of aromatic amines is 1. The molecule has 0 aliphatic carbocycles. The van der Waals surface area contributed by atoms with E-state index >= 15 is 0 Å². The Bertz CT molecular complexity index is 716. The van der Waals surface area contributed by atoms with E-state index in [0.717, 1.165) is 10.1 Å². The van der Waals surface area contributed by atoms with Crippen LogP contribution in [0.5, 0.6) is 0 Å². The Morgan fingerprint density at radius 3 is 2.68 bits per heavy atom. The van der Waals surface area contributed by atoms with E-state index < -0.39 is 5.69 Å². The van der Waals surface area contributed by atoms with Crippen LogP contribution in [0.15, 0.2) is 52.7 Å². The minimum Gasteiger partial charge on any atom is -0.314 e. The first-order valence-corrected chi connectivity index (χ1v) is 6.17. The smallest absolute Gasteiger partial charge is 0.314 e. The Morgan fingerprint density at radius 2 is 2.00 bits per heavy atom. The summed E-state index contributed by atoms with van der Waals surface area (Å²) >= 11 is 6.04. The fourth-order valence-electron chi connectivity index (χ4n) is 1.80. The van der Waals surface area contributed by atoms with Crippen molar-refractivity contribution in [1.82, 2.24) is 9.55 Å². The minimum atomic E-state index is -0.447. The topological polar surface area (TPSA) is 54.9 Å². The van der Waals surface area contributed by atoms with Gasteiger partial charge in [-0.05, 0) is 18.1 Å². The number of nitrogens with one attached hydrogen (secondary N) is 1. The summed E-state index contributed by atoms with van der Waals surface area (Å²) in [5.74, 6) is 0. The van der Waals surface area contributed by atoms with Gasteiger partial charge >= 0.3 is 5.69 Å². The fraction of sp³-hybridized carbons (Fsp3) is 0.143. The number of aromatic nitrogens is 2. The van der Waals surface area contributed by atoms with Gasteiger partial charge in [-0.2, -0.15) is 0 Å². The first-order chi connectivity index (χ1) is 9.13. The first kappa shape index (κ1) is 13.4. The highest BCUT2D eigenvalue weighted by Gasteiger charge is 2.08. The lowest BCUT2D eigenvalue weighted by atomic mass is 10.2. The molecule has 0 unspecified atom stereocenters. The monoisotopic (exact) mass is 276 g/mol. The zero-order chi connectivity index (χ0) is 13.8. The van der Waals surface area contributed by atoms with Gasteiger partial charge in [0.25, 0.3) is 5.56 Å². The number of allylic oxidation sites excluding steroid dienone is 1. The lowest BCUT2D eigenvalue weighted by Gasteiger charge is -2.07. The molecule has 4 nitrogen and oxygen atoms in total. The van der Waals surface area contributed by atoms with Crippen LogP contribution in [-0.2, 0) is 13.0 Å². The normalized spacial score (nSPS) is 10.4. The van der Waals surface area contributed by atoms with E-state index in [1.807, 2.05) is 6.07 Å². The molecule has 0 spiro atoms. The van der Waals surface area contributed by atoms with Gasteiger partial charge in [0.05, 0.1) is 6.54 Å². The first-order valence-electron chi connectivity index (χ1n) is 5.79. The summed E-state index contributed by atoms with van der Waals surface area (Å²) < 4.78 is 1.14. The second kappa shape index (κ2) is 5.71. The molecule has 0 aliphatic rings. The lowest BCUT2D eigenvalue weighted by molar-refractivity contribution is 0.688. The molecule has 0 saturated heterocycles. The molecule has 0 bridgehead atoms. The molecule has 5 heteroatoms. The van der Waals surface area contributed by atoms with Gasteiger partial charge in [0.2, 0.25) is 0 Å². The lowest BCUT2D eigenvalue weighted by Crippen LogP contribution is -2.37. The van der Waals surface area contributed by atoms with Crippen LogP contribution in [0.1, 0.15) is 11.1 Å². The summed E-state index contributed by atoms with van der Waals surface area (Å²) in [5, 5.41) is 0.530. The quantitative estimate of drug-likeness (QED) is 0.868. The average molecular weight is 277 g/mol. The number of benzene rings is 1. The number of hydrogen-bond acceptors (Lipinski definition) is 2. The SMILES string of the molecule is C=CCc1c[nH]c(=O)n(Cc2ccccc2Cl)c1=O. The Kier molecular flexibility index (Phi) is 4.02. The Balaban J connectivity index is 2.48. The Morgan fingerprint density at radius 1 is 1.26 bits per heavy atom. The fourth-order valence-corrected chi connectivity index (χ4v) is 1.99. The molecule has 0 saturated carbocycles. The summed E-state index contributed by atoms with van der Waals surface area (Å²) in [5.41, 5.74) is 0.468. The number of halogens is 1. The summed E-state index contributed by atoms with van der Waals surface area (Å²) in [6, 6.07) is 7.12. The molecule has 98 valence electrons. The number of nitrogens with zero attached hydrogens (tertiary/aromatic N) is 1. The van der Waals surface area contributed by atoms with E-state index in [2.05, 4.69) is 11.6 Å². The van der Waals surface area contributed by atoms with E-state index in [1.165, 1.54) is 6.20 Å². The molecule has 1 aromatic heterocycles. The van der Waals surface area contributed by atoms with Crippen molar-refractivity contribution in [2.75, 3.05) is 0 Å². The largest absolute Gasteiger partial charge is 0.328 e. The van der Waals surface area contributed by atoms with Gasteiger partial charge in [0, 0.05) is 16.8 Å². The van der Waals surface area contributed by atoms with Crippen LogP contribution in [0, 0.1) is 0 Å². The highest BCUT2D eigenvalue weighted by molar-refractivity contribution is 6.31. The summed E-state index contributed by atoms with van der Waals surface area (Å²) in [6.45, 7) is 3.74. The van der Waals surface area contributed by atoms with E-state index in [9.17, 15) is 9.59 Å². The van der Waals surface area contributed by atoms with E-state index in [4.69, 9.17) is 11.6 Å². The summed E-state index contributed by atoms with van der Waals surface area (Å²) in [6.07, 6.45) is 3.46. The molecular weight excluding hydrogens is 264 g/mol. The molecule has 1 aromatic carbocycles. The van der Waals surface area contributed by atoms with Crippen LogP contribution in [0.3, 0.4) is 0 Å². The molecule has 1 N–H and O–H groups in total. The van der Waals surface area contributed by atoms with Crippen LogP contribution < -0.4 is 11.2 Å². The summed E-state index contributed by atoms with van der Waals surface area (Å²) in [4.78, 5) is 26.4. The maximum Gasteiger partial charge on any atom is 0.328 e. The van der Waals surface area contributed by atoms with Gasteiger partial charge in [-0.15, -0.1) is 6.58 Å². The molecule has 2 rings (SSSR count). The van der Waals surface area contributed by atoms with E-state index in [0.29, 0.717) is 17.0 Å². The number of H-pyrrole nitrogens is 1. The standard InChI is InChI=1S/C14H13ClN2O2/c1-2-5-10-8-16-14(19)17(13(10)18)9-11-6-3-4-7-12(11)15/h2-4,6-8H,1,5,9H2,(H,16,19). The summed E-state index contributed by atoms with van der Waals surface area (Å²) in [7, 11) is 0. The van der Waals surface area contributed by atoms with E-state index in [-0.39, 0.29) is 12.1 Å². The van der Waals surface area contributed by atoms with Crippen LogP contribution in [0.4, 0.5) is 0 Å². The molecule has 0 fully saturated rings. The number of hydrogen-bond donors (Lipinski definition) is 1.